The van der Waals surface area contributed by atoms with Crippen molar-refractivity contribution in [2.24, 2.45) is 0 Å². The lowest BCUT2D eigenvalue weighted by atomic mass is 10.1. The Hall–Kier alpha value is -2.56. The molecule has 0 aliphatic carbocycles. The minimum atomic E-state index is -0.442. The van der Waals surface area contributed by atoms with Gasteiger partial charge in [0.05, 0.1) is 31.3 Å². The molecule has 19 heavy (non-hydrogen) atoms. The molecule has 3 aromatic rings. The van der Waals surface area contributed by atoms with Crippen molar-refractivity contribution < 1.29 is 13.9 Å². The Morgan fingerprint density at radius 2 is 1.84 bits per heavy atom. The van der Waals surface area contributed by atoms with Crippen LogP contribution in [0.4, 0.5) is 0 Å². The normalized spacial score (nSPS) is 10.8. The SMILES string of the molecule is COc1ccc2c(c1)oc(=O)c1cc(OC)cnc12. The molecule has 0 saturated carbocycles. The highest BCUT2D eigenvalue weighted by Crippen LogP contribution is 2.26. The van der Waals surface area contributed by atoms with E-state index in [1.807, 2.05) is 6.07 Å². The quantitative estimate of drug-likeness (QED) is 0.521. The van der Waals surface area contributed by atoms with Crippen LogP contribution in [0.2, 0.25) is 0 Å². The van der Waals surface area contributed by atoms with Gasteiger partial charge in [0.15, 0.2) is 0 Å². The average molecular weight is 257 g/mol. The predicted molar refractivity (Wildman–Crippen MR) is 70.9 cm³/mol. The number of hydrogen-bond donors (Lipinski definition) is 0. The molecule has 0 aliphatic heterocycles. The van der Waals surface area contributed by atoms with E-state index in [1.54, 1.807) is 31.5 Å². The first-order valence-electron chi connectivity index (χ1n) is 5.67. The van der Waals surface area contributed by atoms with Gasteiger partial charge in [-0.2, -0.15) is 0 Å². The molecule has 0 aliphatic rings. The summed E-state index contributed by atoms with van der Waals surface area (Å²) in [5.74, 6) is 1.15. The molecule has 5 nitrogen and oxygen atoms in total. The number of nitrogens with zero attached hydrogens (tertiary/aromatic N) is 1. The molecule has 0 saturated heterocycles. The van der Waals surface area contributed by atoms with Gasteiger partial charge in [0.1, 0.15) is 17.1 Å². The summed E-state index contributed by atoms with van der Waals surface area (Å²) in [5, 5.41) is 1.16. The summed E-state index contributed by atoms with van der Waals surface area (Å²) in [6, 6.07) is 6.91. The van der Waals surface area contributed by atoms with Crippen molar-refractivity contribution in [2.45, 2.75) is 0 Å². The van der Waals surface area contributed by atoms with E-state index in [0.29, 0.717) is 28.0 Å². The maximum absolute atomic E-state index is 12.0. The van der Waals surface area contributed by atoms with Gasteiger partial charge in [-0.3, -0.25) is 4.98 Å². The fourth-order valence-electron chi connectivity index (χ4n) is 1.99. The van der Waals surface area contributed by atoms with Gasteiger partial charge < -0.3 is 13.9 Å². The number of rotatable bonds is 2. The van der Waals surface area contributed by atoms with Gasteiger partial charge in [-0.15, -0.1) is 0 Å². The van der Waals surface area contributed by atoms with Crippen molar-refractivity contribution >= 4 is 21.9 Å². The van der Waals surface area contributed by atoms with Crippen LogP contribution in [0.25, 0.3) is 21.9 Å². The van der Waals surface area contributed by atoms with Crippen LogP contribution < -0.4 is 15.1 Å². The van der Waals surface area contributed by atoms with E-state index in [1.165, 1.54) is 7.11 Å². The molecule has 5 heteroatoms. The van der Waals surface area contributed by atoms with Crippen molar-refractivity contribution in [3.8, 4) is 11.5 Å². The van der Waals surface area contributed by atoms with Crippen molar-refractivity contribution in [3.05, 3.63) is 40.9 Å². The molecule has 2 heterocycles. The maximum atomic E-state index is 12.0. The third kappa shape index (κ3) is 1.79. The average Bonchev–Trinajstić information content (AvgIpc) is 2.46. The Bertz CT molecular complexity index is 823. The van der Waals surface area contributed by atoms with E-state index in [9.17, 15) is 4.79 Å². The first-order valence-corrected chi connectivity index (χ1v) is 5.67. The second-order valence-electron chi connectivity index (χ2n) is 4.02. The summed E-state index contributed by atoms with van der Waals surface area (Å²) in [6.45, 7) is 0. The molecule has 0 amide bonds. The fraction of sp³-hybridized carbons (Fsp3) is 0.143. The molecule has 0 spiro atoms. The smallest absolute Gasteiger partial charge is 0.345 e. The molecule has 0 bridgehead atoms. The summed E-state index contributed by atoms with van der Waals surface area (Å²) in [5.41, 5.74) is 0.603. The van der Waals surface area contributed by atoms with Crippen LogP contribution >= 0.6 is 0 Å². The highest BCUT2D eigenvalue weighted by molar-refractivity contribution is 6.02. The van der Waals surface area contributed by atoms with Crippen LogP contribution in [0.3, 0.4) is 0 Å². The molecule has 0 radical (unpaired) electrons. The Morgan fingerprint density at radius 1 is 1.05 bits per heavy atom. The summed E-state index contributed by atoms with van der Waals surface area (Å²) < 4.78 is 15.5. The monoisotopic (exact) mass is 257 g/mol. The van der Waals surface area contributed by atoms with E-state index >= 15 is 0 Å². The number of hydrogen-bond acceptors (Lipinski definition) is 5. The summed E-state index contributed by atoms with van der Waals surface area (Å²) in [6.07, 6.45) is 1.57. The first kappa shape index (κ1) is 11.5. The molecule has 2 aromatic heterocycles. The Balaban J connectivity index is 2.43. The van der Waals surface area contributed by atoms with Crippen molar-refractivity contribution in [1.29, 1.82) is 0 Å². The molecule has 3 rings (SSSR count). The minimum Gasteiger partial charge on any atom is -0.497 e. The van der Waals surface area contributed by atoms with Crippen LogP contribution in [-0.2, 0) is 0 Å². The number of ether oxygens (including phenoxy) is 2. The van der Waals surface area contributed by atoms with Gasteiger partial charge in [-0.25, -0.2) is 4.79 Å². The topological polar surface area (TPSA) is 61.6 Å². The van der Waals surface area contributed by atoms with Crippen molar-refractivity contribution in [3.63, 3.8) is 0 Å². The number of fused-ring (bicyclic) bond motifs is 3. The zero-order valence-corrected chi connectivity index (χ0v) is 10.5. The fourth-order valence-corrected chi connectivity index (χ4v) is 1.99. The molecule has 96 valence electrons. The Labute approximate surface area is 108 Å². The molecular formula is C14H11NO4. The third-order valence-corrected chi connectivity index (χ3v) is 2.96. The van der Waals surface area contributed by atoms with Gasteiger partial charge in [0.25, 0.3) is 0 Å². The van der Waals surface area contributed by atoms with Gasteiger partial charge in [0, 0.05) is 11.5 Å². The van der Waals surface area contributed by atoms with Crippen LogP contribution in [0, 0.1) is 0 Å². The molecule has 0 unspecified atom stereocenters. The van der Waals surface area contributed by atoms with Gasteiger partial charge in [-0.1, -0.05) is 0 Å². The summed E-state index contributed by atoms with van der Waals surface area (Å²) in [4.78, 5) is 16.2. The molecule has 0 fully saturated rings. The Morgan fingerprint density at radius 3 is 2.58 bits per heavy atom. The highest BCUT2D eigenvalue weighted by Gasteiger charge is 2.10. The van der Waals surface area contributed by atoms with Crippen LogP contribution in [0.5, 0.6) is 11.5 Å². The number of aromatic nitrogens is 1. The van der Waals surface area contributed by atoms with Crippen LogP contribution in [0.15, 0.2) is 39.7 Å². The second kappa shape index (κ2) is 4.28. The predicted octanol–water partition coefficient (Wildman–Crippen LogP) is 2.36. The lowest BCUT2D eigenvalue weighted by Crippen LogP contribution is -2.01. The van der Waals surface area contributed by atoms with E-state index in [-0.39, 0.29) is 0 Å². The van der Waals surface area contributed by atoms with Gasteiger partial charge >= 0.3 is 5.63 Å². The van der Waals surface area contributed by atoms with Gasteiger partial charge in [0.2, 0.25) is 0 Å². The van der Waals surface area contributed by atoms with E-state index in [0.717, 1.165) is 5.39 Å². The third-order valence-electron chi connectivity index (χ3n) is 2.96. The summed E-state index contributed by atoms with van der Waals surface area (Å²) >= 11 is 0. The van der Waals surface area contributed by atoms with E-state index in [4.69, 9.17) is 13.9 Å². The largest absolute Gasteiger partial charge is 0.497 e. The van der Waals surface area contributed by atoms with E-state index in [2.05, 4.69) is 4.98 Å². The summed E-state index contributed by atoms with van der Waals surface area (Å²) in [7, 11) is 3.08. The first-order chi connectivity index (χ1) is 9.22. The van der Waals surface area contributed by atoms with E-state index < -0.39 is 5.63 Å². The molecular weight excluding hydrogens is 246 g/mol. The molecule has 1 aromatic carbocycles. The second-order valence-corrected chi connectivity index (χ2v) is 4.02. The zero-order valence-electron chi connectivity index (χ0n) is 10.5. The number of methoxy groups -OCH3 is 2. The lowest BCUT2D eigenvalue weighted by molar-refractivity contribution is 0.413. The lowest BCUT2D eigenvalue weighted by Gasteiger charge is -2.05. The minimum absolute atomic E-state index is 0.400. The van der Waals surface area contributed by atoms with Crippen LogP contribution in [0.1, 0.15) is 0 Å². The highest BCUT2D eigenvalue weighted by atomic mass is 16.5. The van der Waals surface area contributed by atoms with Crippen molar-refractivity contribution in [1.82, 2.24) is 4.98 Å². The molecule has 0 atom stereocenters. The maximum Gasteiger partial charge on any atom is 0.345 e. The van der Waals surface area contributed by atoms with Crippen LogP contribution in [-0.4, -0.2) is 19.2 Å². The van der Waals surface area contributed by atoms with Crippen molar-refractivity contribution in [2.75, 3.05) is 14.2 Å². The number of benzene rings is 1. The number of pyridine rings is 1. The molecule has 0 N–H and O–H groups in total. The van der Waals surface area contributed by atoms with Gasteiger partial charge in [-0.05, 0) is 18.2 Å². The standard InChI is InChI=1S/C14H11NO4/c1-17-8-3-4-10-12(6-8)19-14(16)11-5-9(18-2)7-15-13(10)11/h3-7H,1-2H3. The zero-order chi connectivity index (χ0) is 13.4. The Kier molecular flexibility index (Phi) is 2.59.